The summed E-state index contributed by atoms with van der Waals surface area (Å²) >= 11 is 0. The first-order valence-electron chi connectivity index (χ1n) is 5.18. The molecule has 0 heterocycles. The number of hydrogen-bond acceptors (Lipinski definition) is 2. The summed E-state index contributed by atoms with van der Waals surface area (Å²) < 4.78 is 0. The molecule has 2 heteroatoms. The van der Waals surface area contributed by atoms with Gasteiger partial charge in [-0.05, 0) is 47.5 Å². The second-order valence-electron chi connectivity index (χ2n) is 5.25. The second-order valence-corrected chi connectivity index (χ2v) is 5.25. The average molecular weight is 214 g/mol. The van der Waals surface area contributed by atoms with E-state index in [1.807, 2.05) is 6.92 Å². The highest BCUT2D eigenvalue weighted by Crippen LogP contribution is 2.12. The number of aliphatic hydroxyl groups is 2. The van der Waals surface area contributed by atoms with Crippen molar-refractivity contribution in [3.63, 3.8) is 0 Å². The van der Waals surface area contributed by atoms with Crippen LogP contribution in [0.4, 0.5) is 0 Å². The lowest BCUT2D eigenvalue weighted by molar-refractivity contribution is 0.0810. The zero-order valence-corrected chi connectivity index (χ0v) is 10.8. The smallest absolute Gasteiger partial charge is 0.0628 e. The van der Waals surface area contributed by atoms with Gasteiger partial charge in [0, 0.05) is 0 Å². The van der Waals surface area contributed by atoms with Crippen LogP contribution in [0.3, 0.4) is 0 Å². The van der Waals surface area contributed by atoms with Gasteiger partial charge in [-0.2, -0.15) is 0 Å². The van der Waals surface area contributed by atoms with Crippen molar-refractivity contribution in [2.45, 2.75) is 58.7 Å². The lowest BCUT2D eigenvalue weighted by Gasteiger charge is -2.15. The minimum Gasteiger partial charge on any atom is -0.390 e. The maximum absolute atomic E-state index is 9.13. The lowest BCUT2D eigenvalue weighted by Crippen LogP contribution is -2.17. The Kier molecular flexibility index (Phi) is 7.63. The quantitative estimate of drug-likeness (QED) is 0.706. The standard InChI is InChI=1S/C7H14O.C6H12O/c1-6(2)5-7(3,4)8;1-4-5-6(2,3)7/h8H,1,5H2,2-4H3;4,7H,1,5H2,2-3H3. The molecule has 2 N–H and O–H groups in total. The molecule has 0 unspecified atom stereocenters. The van der Waals surface area contributed by atoms with Crippen molar-refractivity contribution in [3.05, 3.63) is 24.8 Å². The van der Waals surface area contributed by atoms with E-state index in [4.69, 9.17) is 10.2 Å². The van der Waals surface area contributed by atoms with Crippen LogP contribution in [0.1, 0.15) is 47.5 Å². The Morgan fingerprint density at radius 3 is 1.53 bits per heavy atom. The van der Waals surface area contributed by atoms with Crippen LogP contribution in [0.2, 0.25) is 0 Å². The molecule has 0 aromatic rings. The molecule has 0 aliphatic carbocycles. The molecular formula is C13H26O2. The summed E-state index contributed by atoms with van der Waals surface area (Å²) in [6.45, 7) is 16.2. The Hall–Kier alpha value is -0.600. The third-order valence-electron chi connectivity index (χ3n) is 1.38. The van der Waals surface area contributed by atoms with Gasteiger partial charge in [0.2, 0.25) is 0 Å². The predicted octanol–water partition coefficient (Wildman–Crippen LogP) is 3.06. The van der Waals surface area contributed by atoms with Gasteiger partial charge in [-0.25, -0.2) is 0 Å². The summed E-state index contributed by atoms with van der Waals surface area (Å²) in [5.74, 6) is 0. The van der Waals surface area contributed by atoms with E-state index in [0.717, 1.165) is 5.57 Å². The number of rotatable bonds is 4. The fourth-order valence-electron chi connectivity index (χ4n) is 1.09. The monoisotopic (exact) mass is 214 g/mol. The molecule has 0 aliphatic rings. The van der Waals surface area contributed by atoms with Crippen LogP contribution in [-0.4, -0.2) is 21.4 Å². The Morgan fingerprint density at radius 1 is 1.13 bits per heavy atom. The highest BCUT2D eigenvalue weighted by molar-refractivity contribution is 4.93. The summed E-state index contributed by atoms with van der Waals surface area (Å²) in [5, 5.41) is 18.1. The first-order chi connectivity index (χ1) is 6.48. The van der Waals surface area contributed by atoms with E-state index in [1.165, 1.54) is 0 Å². The van der Waals surface area contributed by atoms with Gasteiger partial charge >= 0.3 is 0 Å². The van der Waals surface area contributed by atoms with E-state index in [2.05, 4.69) is 13.2 Å². The summed E-state index contributed by atoms with van der Waals surface area (Å²) in [6.07, 6.45) is 3.06. The second kappa shape index (κ2) is 6.81. The van der Waals surface area contributed by atoms with E-state index >= 15 is 0 Å². The molecule has 0 amide bonds. The van der Waals surface area contributed by atoms with Crippen molar-refractivity contribution in [2.75, 3.05) is 0 Å². The first kappa shape index (κ1) is 16.8. The van der Waals surface area contributed by atoms with Gasteiger partial charge < -0.3 is 10.2 Å². The van der Waals surface area contributed by atoms with Crippen LogP contribution in [0.25, 0.3) is 0 Å². The molecule has 0 radical (unpaired) electrons. The molecule has 0 aromatic carbocycles. The maximum Gasteiger partial charge on any atom is 0.0628 e. The lowest BCUT2D eigenvalue weighted by atomic mass is 10.0. The zero-order chi connectivity index (χ0) is 12.7. The van der Waals surface area contributed by atoms with Gasteiger partial charge in [-0.1, -0.05) is 11.6 Å². The van der Waals surface area contributed by atoms with Crippen molar-refractivity contribution in [2.24, 2.45) is 0 Å². The van der Waals surface area contributed by atoms with E-state index in [9.17, 15) is 0 Å². The summed E-state index contributed by atoms with van der Waals surface area (Å²) in [6, 6.07) is 0. The normalized spacial score (nSPS) is 11.4. The fourth-order valence-corrected chi connectivity index (χ4v) is 1.09. The Bertz CT molecular complexity index is 192. The fraction of sp³-hybridized carbons (Fsp3) is 0.692. The third kappa shape index (κ3) is 24.7. The van der Waals surface area contributed by atoms with Crippen LogP contribution in [0.15, 0.2) is 24.8 Å². The highest BCUT2D eigenvalue weighted by Gasteiger charge is 2.10. The summed E-state index contributed by atoms with van der Waals surface area (Å²) in [7, 11) is 0. The van der Waals surface area contributed by atoms with Gasteiger partial charge in [0.1, 0.15) is 0 Å². The molecule has 15 heavy (non-hydrogen) atoms. The highest BCUT2D eigenvalue weighted by atomic mass is 16.3. The molecule has 0 spiro atoms. The van der Waals surface area contributed by atoms with Crippen molar-refractivity contribution < 1.29 is 10.2 Å². The van der Waals surface area contributed by atoms with Gasteiger partial charge in [0.15, 0.2) is 0 Å². The van der Waals surface area contributed by atoms with Crippen LogP contribution in [0, 0.1) is 0 Å². The van der Waals surface area contributed by atoms with E-state index in [-0.39, 0.29) is 0 Å². The first-order valence-corrected chi connectivity index (χ1v) is 5.18. The molecule has 0 aliphatic heterocycles. The maximum atomic E-state index is 9.13. The van der Waals surface area contributed by atoms with E-state index in [1.54, 1.807) is 33.8 Å². The topological polar surface area (TPSA) is 40.5 Å². The van der Waals surface area contributed by atoms with Crippen molar-refractivity contribution in [3.8, 4) is 0 Å². The van der Waals surface area contributed by atoms with Crippen molar-refractivity contribution >= 4 is 0 Å². The minimum atomic E-state index is -0.578. The van der Waals surface area contributed by atoms with Crippen molar-refractivity contribution in [1.29, 1.82) is 0 Å². The van der Waals surface area contributed by atoms with Gasteiger partial charge in [-0.15, -0.1) is 13.2 Å². The largest absolute Gasteiger partial charge is 0.390 e. The Labute approximate surface area is 94.3 Å². The average Bonchev–Trinajstić information content (AvgIpc) is 1.77. The van der Waals surface area contributed by atoms with E-state index in [0.29, 0.717) is 12.8 Å². The molecule has 0 saturated carbocycles. The third-order valence-corrected chi connectivity index (χ3v) is 1.38. The van der Waals surface area contributed by atoms with Crippen LogP contribution in [-0.2, 0) is 0 Å². The Morgan fingerprint density at radius 2 is 1.53 bits per heavy atom. The molecular weight excluding hydrogens is 188 g/mol. The van der Waals surface area contributed by atoms with Gasteiger partial charge in [0.25, 0.3) is 0 Å². The zero-order valence-electron chi connectivity index (χ0n) is 10.8. The SMILES string of the molecule is C=C(C)CC(C)(C)O.C=CCC(C)(C)O. The summed E-state index contributed by atoms with van der Waals surface area (Å²) in [4.78, 5) is 0. The molecule has 0 saturated heterocycles. The molecule has 0 rings (SSSR count). The van der Waals surface area contributed by atoms with E-state index < -0.39 is 11.2 Å². The molecule has 0 aromatic heterocycles. The molecule has 90 valence electrons. The number of hydrogen-bond donors (Lipinski definition) is 2. The molecule has 0 bridgehead atoms. The predicted molar refractivity (Wildman–Crippen MR) is 66.8 cm³/mol. The minimum absolute atomic E-state index is 0.568. The van der Waals surface area contributed by atoms with Gasteiger partial charge in [0.05, 0.1) is 11.2 Å². The summed E-state index contributed by atoms with van der Waals surface area (Å²) in [5.41, 5.74) is -0.120. The van der Waals surface area contributed by atoms with Crippen LogP contribution < -0.4 is 0 Å². The molecule has 2 nitrogen and oxygen atoms in total. The molecule has 0 fully saturated rings. The van der Waals surface area contributed by atoms with Crippen molar-refractivity contribution in [1.82, 2.24) is 0 Å². The van der Waals surface area contributed by atoms with Gasteiger partial charge in [-0.3, -0.25) is 0 Å². The Balaban J connectivity index is 0. The van der Waals surface area contributed by atoms with Crippen LogP contribution >= 0.6 is 0 Å². The molecule has 0 atom stereocenters. The van der Waals surface area contributed by atoms with Crippen LogP contribution in [0.5, 0.6) is 0 Å².